The first-order chi connectivity index (χ1) is 9.18. The zero-order chi connectivity index (χ0) is 13.7. The quantitative estimate of drug-likeness (QED) is 0.631. The average Bonchev–Trinajstić information content (AvgIpc) is 2.40. The third kappa shape index (κ3) is 3.82. The lowest BCUT2D eigenvalue weighted by atomic mass is 9.92. The summed E-state index contributed by atoms with van der Waals surface area (Å²) < 4.78 is 11.3. The second-order valence-corrected chi connectivity index (χ2v) is 5.27. The van der Waals surface area contributed by atoms with E-state index in [1.54, 1.807) is 0 Å². The van der Waals surface area contributed by atoms with E-state index in [4.69, 9.17) is 9.47 Å². The first kappa shape index (κ1) is 14.1. The van der Waals surface area contributed by atoms with Gasteiger partial charge in [-0.15, -0.1) is 0 Å². The molecular formula is C16H23NO2. The molecule has 0 bridgehead atoms. The zero-order valence-electron chi connectivity index (χ0n) is 11.8. The summed E-state index contributed by atoms with van der Waals surface area (Å²) in [6.07, 6.45) is 0. The van der Waals surface area contributed by atoms with E-state index in [0.29, 0.717) is 25.2 Å². The molecule has 1 heterocycles. The van der Waals surface area contributed by atoms with Crippen LogP contribution in [0.3, 0.4) is 0 Å². The largest absolute Gasteiger partial charge is 0.493 e. The van der Waals surface area contributed by atoms with Gasteiger partial charge >= 0.3 is 0 Å². The number of rotatable bonds is 6. The Balaban J connectivity index is 1.87. The molecule has 3 heteroatoms. The molecular weight excluding hydrogens is 238 g/mol. The SMILES string of the molecule is C=C(C)COCCNC1c2ccccc2OCC1C. The maximum atomic E-state index is 5.74. The lowest BCUT2D eigenvalue weighted by Crippen LogP contribution is -2.35. The Labute approximate surface area is 115 Å². The van der Waals surface area contributed by atoms with Crippen LogP contribution in [0.2, 0.25) is 0 Å². The van der Waals surface area contributed by atoms with Gasteiger partial charge in [0.25, 0.3) is 0 Å². The molecule has 1 aliphatic heterocycles. The van der Waals surface area contributed by atoms with Crippen LogP contribution >= 0.6 is 0 Å². The Morgan fingerprint density at radius 3 is 3.05 bits per heavy atom. The predicted octanol–water partition coefficient (Wildman–Crippen LogP) is 2.94. The second-order valence-electron chi connectivity index (χ2n) is 5.27. The first-order valence-corrected chi connectivity index (χ1v) is 6.85. The summed E-state index contributed by atoms with van der Waals surface area (Å²) >= 11 is 0. The Morgan fingerprint density at radius 1 is 1.47 bits per heavy atom. The minimum absolute atomic E-state index is 0.346. The van der Waals surface area contributed by atoms with Crippen molar-refractivity contribution in [2.24, 2.45) is 5.92 Å². The van der Waals surface area contributed by atoms with Crippen molar-refractivity contribution in [1.29, 1.82) is 0 Å². The summed E-state index contributed by atoms with van der Waals surface area (Å²) in [5.41, 5.74) is 2.31. The number of ether oxygens (including phenoxy) is 2. The van der Waals surface area contributed by atoms with Crippen LogP contribution < -0.4 is 10.1 Å². The molecule has 19 heavy (non-hydrogen) atoms. The van der Waals surface area contributed by atoms with Crippen molar-refractivity contribution < 1.29 is 9.47 Å². The van der Waals surface area contributed by atoms with Crippen LogP contribution in [0.5, 0.6) is 5.75 Å². The van der Waals surface area contributed by atoms with Crippen LogP contribution in [0.15, 0.2) is 36.4 Å². The summed E-state index contributed by atoms with van der Waals surface area (Å²) in [5, 5.41) is 3.57. The molecule has 3 nitrogen and oxygen atoms in total. The van der Waals surface area contributed by atoms with Crippen LogP contribution in [-0.4, -0.2) is 26.4 Å². The summed E-state index contributed by atoms with van der Waals surface area (Å²) in [5.74, 6) is 1.47. The van der Waals surface area contributed by atoms with E-state index in [9.17, 15) is 0 Å². The molecule has 104 valence electrons. The number of benzene rings is 1. The average molecular weight is 261 g/mol. The van der Waals surface area contributed by atoms with Crippen molar-refractivity contribution in [3.63, 3.8) is 0 Å². The maximum absolute atomic E-state index is 5.74. The second kappa shape index (κ2) is 6.73. The van der Waals surface area contributed by atoms with Gasteiger partial charge in [-0.25, -0.2) is 0 Å². The molecule has 0 fully saturated rings. The van der Waals surface area contributed by atoms with Gasteiger partial charge < -0.3 is 14.8 Å². The predicted molar refractivity (Wildman–Crippen MR) is 77.5 cm³/mol. The van der Waals surface area contributed by atoms with E-state index in [2.05, 4.69) is 31.0 Å². The maximum Gasteiger partial charge on any atom is 0.124 e. The fraction of sp³-hybridized carbons (Fsp3) is 0.500. The van der Waals surface area contributed by atoms with Gasteiger partial charge in [0.05, 0.1) is 19.8 Å². The summed E-state index contributed by atoms with van der Waals surface area (Å²) in [6, 6.07) is 8.59. The van der Waals surface area contributed by atoms with Crippen LogP contribution in [0.4, 0.5) is 0 Å². The fourth-order valence-electron chi connectivity index (χ4n) is 2.34. The molecule has 0 saturated heterocycles. The van der Waals surface area contributed by atoms with E-state index in [0.717, 1.165) is 24.5 Å². The molecule has 1 aromatic carbocycles. The Bertz CT molecular complexity index is 431. The molecule has 0 radical (unpaired) electrons. The van der Waals surface area contributed by atoms with E-state index in [-0.39, 0.29) is 0 Å². The minimum Gasteiger partial charge on any atom is -0.493 e. The van der Waals surface area contributed by atoms with Gasteiger partial charge in [0.2, 0.25) is 0 Å². The molecule has 1 N–H and O–H groups in total. The van der Waals surface area contributed by atoms with Gasteiger partial charge in [0.1, 0.15) is 5.75 Å². The highest BCUT2D eigenvalue weighted by atomic mass is 16.5. The van der Waals surface area contributed by atoms with Gasteiger partial charge in [-0.3, -0.25) is 0 Å². The zero-order valence-corrected chi connectivity index (χ0v) is 11.8. The lowest BCUT2D eigenvalue weighted by Gasteiger charge is -2.32. The molecule has 2 unspecified atom stereocenters. The minimum atomic E-state index is 0.346. The monoisotopic (exact) mass is 261 g/mol. The van der Waals surface area contributed by atoms with Gasteiger partial charge in [0.15, 0.2) is 0 Å². The van der Waals surface area contributed by atoms with Crippen LogP contribution in [0.1, 0.15) is 25.5 Å². The van der Waals surface area contributed by atoms with Gasteiger partial charge in [-0.05, 0) is 13.0 Å². The summed E-state index contributed by atoms with van der Waals surface area (Å²) in [7, 11) is 0. The summed E-state index contributed by atoms with van der Waals surface area (Å²) in [4.78, 5) is 0. The standard InChI is InChI=1S/C16H23NO2/c1-12(2)10-18-9-8-17-16-13(3)11-19-15-7-5-4-6-14(15)16/h4-7,13,16-17H,1,8-11H2,2-3H3. The van der Waals surface area contributed by atoms with Crippen molar-refractivity contribution in [1.82, 2.24) is 5.32 Å². The number of para-hydroxylation sites is 1. The first-order valence-electron chi connectivity index (χ1n) is 6.85. The van der Waals surface area contributed by atoms with Crippen molar-refractivity contribution in [3.8, 4) is 5.75 Å². The number of nitrogens with one attached hydrogen (secondary N) is 1. The summed E-state index contributed by atoms with van der Waals surface area (Å²) in [6.45, 7) is 11.0. The molecule has 1 aliphatic rings. The molecule has 0 saturated carbocycles. The van der Waals surface area contributed by atoms with Gasteiger partial charge in [0, 0.05) is 24.1 Å². The molecule has 0 aliphatic carbocycles. The molecule has 2 rings (SSSR count). The number of hydrogen-bond donors (Lipinski definition) is 1. The van der Waals surface area contributed by atoms with Crippen molar-refractivity contribution in [2.45, 2.75) is 19.9 Å². The highest BCUT2D eigenvalue weighted by Gasteiger charge is 2.26. The van der Waals surface area contributed by atoms with Crippen LogP contribution in [0, 0.1) is 5.92 Å². The van der Waals surface area contributed by atoms with E-state index in [1.165, 1.54) is 5.56 Å². The lowest BCUT2D eigenvalue weighted by molar-refractivity contribution is 0.142. The third-order valence-electron chi connectivity index (χ3n) is 3.28. The van der Waals surface area contributed by atoms with Crippen molar-refractivity contribution in [3.05, 3.63) is 42.0 Å². The van der Waals surface area contributed by atoms with E-state index < -0.39 is 0 Å². The number of fused-ring (bicyclic) bond motifs is 1. The van der Waals surface area contributed by atoms with Gasteiger partial charge in [-0.2, -0.15) is 0 Å². The number of hydrogen-bond acceptors (Lipinski definition) is 3. The molecule has 2 atom stereocenters. The Hall–Kier alpha value is -1.32. The van der Waals surface area contributed by atoms with Crippen LogP contribution in [-0.2, 0) is 4.74 Å². The van der Waals surface area contributed by atoms with Gasteiger partial charge in [-0.1, -0.05) is 37.3 Å². The molecule has 0 amide bonds. The van der Waals surface area contributed by atoms with Crippen molar-refractivity contribution in [2.75, 3.05) is 26.4 Å². The fourth-order valence-corrected chi connectivity index (χ4v) is 2.34. The highest BCUT2D eigenvalue weighted by molar-refractivity contribution is 5.37. The Kier molecular flexibility index (Phi) is 5.00. The van der Waals surface area contributed by atoms with E-state index in [1.807, 2.05) is 19.1 Å². The van der Waals surface area contributed by atoms with Crippen molar-refractivity contribution >= 4 is 0 Å². The normalized spacial score (nSPS) is 21.6. The van der Waals surface area contributed by atoms with E-state index >= 15 is 0 Å². The molecule has 0 aromatic heterocycles. The molecule has 1 aromatic rings. The highest BCUT2D eigenvalue weighted by Crippen LogP contribution is 2.34. The van der Waals surface area contributed by atoms with Crippen LogP contribution in [0.25, 0.3) is 0 Å². The smallest absolute Gasteiger partial charge is 0.124 e. The third-order valence-corrected chi connectivity index (χ3v) is 3.28. The topological polar surface area (TPSA) is 30.5 Å². The Morgan fingerprint density at radius 2 is 2.26 bits per heavy atom. The molecule has 0 spiro atoms.